The van der Waals surface area contributed by atoms with Crippen molar-refractivity contribution in [1.82, 2.24) is 14.5 Å². The molecule has 2 rings (SSSR count). The Kier molecular flexibility index (Phi) is 7.26. The van der Waals surface area contributed by atoms with Crippen LogP contribution in [-0.2, 0) is 22.6 Å². The number of nitrogens with zero attached hydrogens (tertiary/aromatic N) is 3. The third-order valence-corrected chi connectivity index (χ3v) is 4.38. The van der Waals surface area contributed by atoms with Crippen molar-refractivity contribution in [1.29, 1.82) is 0 Å². The molecule has 1 aromatic heterocycles. The van der Waals surface area contributed by atoms with Gasteiger partial charge >= 0.3 is 5.69 Å². The van der Waals surface area contributed by atoms with Gasteiger partial charge in [-0.2, -0.15) is 0 Å². The number of nitrogens with two attached hydrogens (primary N) is 1. The van der Waals surface area contributed by atoms with E-state index in [2.05, 4.69) is 5.32 Å². The van der Waals surface area contributed by atoms with Gasteiger partial charge in [-0.3, -0.25) is 14.2 Å². The van der Waals surface area contributed by atoms with Crippen LogP contribution in [0.25, 0.3) is 0 Å². The lowest BCUT2D eigenvalue weighted by molar-refractivity contribution is -0.121. The summed E-state index contributed by atoms with van der Waals surface area (Å²) in [4.78, 5) is 39.7. The first-order chi connectivity index (χ1) is 12.5. The van der Waals surface area contributed by atoms with Crippen molar-refractivity contribution < 1.29 is 9.53 Å². The van der Waals surface area contributed by atoms with E-state index in [0.29, 0.717) is 39.4 Å². The van der Waals surface area contributed by atoms with Crippen molar-refractivity contribution in [2.24, 2.45) is 0 Å². The van der Waals surface area contributed by atoms with E-state index < -0.39 is 11.2 Å². The van der Waals surface area contributed by atoms with E-state index in [9.17, 15) is 14.4 Å². The Labute approximate surface area is 152 Å². The number of ether oxygens (including phenoxy) is 1. The molecule has 2 heterocycles. The second-order valence-electron chi connectivity index (χ2n) is 6.36. The summed E-state index contributed by atoms with van der Waals surface area (Å²) in [7, 11) is 0. The van der Waals surface area contributed by atoms with E-state index in [-0.39, 0.29) is 24.0 Å². The Morgan fingerprint density at radius 3 is 2.46 bits per heavy atom. The van der Waals surface area contributed by atoms with Gasteiger partial charge in [0, 0.05) is 26.2 Å². The average molecular weight is 367 g/mol. The van der Waals surface area contributed by atoms with Crippen molar-refractivity contribution in [2.75, 3.05) is 43.5 Å². The molecular weight excluding hydrogens is 338 g/mol. The fraction of sp³-hybridized carbons (Fsp3) is 0.706. The molecule has 1 aromatic rings. The molecule has 9 nitrogen and oxygen atoms in total. The van der Waals surface area contributed by atoms with Gasteiger partial charge in [0.15, 0.2) is 0 Å². The highest BCUT2D eigenvalue weighted by molar-refractivity contribution is 5.76. The lowest BCUT2D eigenvalue weighted by atomic mass is 10.3. The summed E-state index contributed by atoms with van der Waals surface area (Å²) in [6.07, 6.45) is 2.42. The molecule has 0 unspecified atom stereocenters. The summed E-state index contributed by atoms with van der Waals surface area (Å²) in [5.74, 6) is -0.189. The summed E-state index contributed by atoms with van der Waals surface area (Å²) in [5.41, 5.74) is 5.43. The van der Waals surface area contributed by atoms with Gasteiger partial charge in [-0.1, -0.05) is 20.3 Å². The van der Waals surface area contributed by atoms with Gasteiger partial charge < -0.3 is 20.7 Å². The number of anilines is 2. The quantitative estimate of drug-likeness (QED) is 0.656. The zero-order valence-electron chi connectivity index (χ0n) is 15.6. The number of rotatable bonds is 8. The van der Waals surface area contributed by atoms with E-state index in [4.69, 9.17) is 10.5 Å². The number of carbonyl (C=O) groups is 1. The van der Waals surface area contributed by atoms with Crippen LogP contribution in [0.1, 0.15) is 33.1 Å². The topological polar surface area (TPSA) is 112 Å². The van der Waals surface area contributed by atoms with Crippen molar-refractivity contribution >= 4 is 17.4 Å². The van der Waals surface area contributed by atoms with Crippen LogP contribution >= 0.6 is 0 Å². The SMILES string of the molecule is CCCCn1c(N)c(N2CCOCC2)c(=O)n(CC(=O)NCCC)c1=O. The number of hydrogen-bond donors (Lipinski definition) is 2. The fourth-order valence-electron chi connectivity index (χ4n) is 2.92. The van der Waals surface area contributed by atoms with Gasteiger partial charge in [-0.15, -0.1) is 0 Å². The predicted octanol–water partition coefficient (Wildman–Crippen LogP) is -0.245. The minimum absolute atomic E-state index is 0.167. The highest BCUT2D eigenvalue weighted by Gasteiger charge is 2.24. The number of morpholine rings is 1. The number of carbonyl (C=O) groups excluding carboxylic acids is 1. The van der Waals surface area contributed by atoms with Crippen LogP contribution < -0.4 is 27.2 Å². The Hall–Kier alpha value is -2.29. The summed E-state index contributed by atoms with van der Waals surface area (Å²) >= 11 is 0. The molecule has 1 saturated heterocycles. The number of aromatic nitrogens is 2. The third kappa shape index (κ3) is 4.46. The summed E-state index contributed by atoms with van der Waals surface area (Å²) in [5, 5.41) is 2.70. The zero-order chi connectivity index (χ0) is 19.1. The highest BCUT2D eigenvalue weighted by Crippen LogP contribution is 2.18. The second-order valence-corrected chi connectivity index (χ2v) is 6.36. The Morgan fingerprint density at radius 1 is 1.15 bits per heavy atom. The van der Waals surface area contributed by atoms with E-state index in [0.717, 1.165) is 23.8 Å². The monoisotopic (exact) mass is 367 g/mol. The first-order valence-corrected chi connectivity index (χ1v) is 9.23. The molecule has 0 bridgehead atoms. The van der Waals surface area contributed by atoms with E-state index in [1.165, 1.54) is 4.57 Å². The van der Waals surface area contributed by atoms with Crippen molar-refractivity contribution in [3.8, 4) is 0 Å². The fourth-order valence-corrected chi connectivity index (χ4v) is 2.92. The molecule has 26 heavy (non-hydrogen) atoms. The van der Waals surface area contributed by atoms with E-state index >= 15 is 0 Å². The molecule has 1 aliphatic rings. The number of amides is 1. The van der Waals surface area contributed by atoms with Crippen molar-refractivity contribution in [3.05, 3.63) is 20.8 Å². The first-order valence-electron chi connectivity index (χ1n) is 9.23. The largest absolute Gasteiger partial charge is 0.383 e. The molecule has 1 fully saturated rings. The van der Waals surface area contributed by atoms with Crippen LogP contribution in [0.15, 0.2) is 9.59 Å². The predicted molar refractivity (Wildman–Crippen MR) is 101 cm³/mol. The minimum atomic E-state index is -0.537. The van der Waals surface area contributed by atoms with Gasteiger partial charge in [0.05, 0.1) is 13.2 Å². The number of hydrogen-bond acceptors (Lipinski definition) is 6. The van der Waals surface area contributed by atoms with E-state index in [1.54, 1.807) is 0 Å². The zero-order valence-corrected chi connectivity index (χ0v) is 15.6. The summed E-state index contributed by atoms with van der Waals surface area (Å²) in [6, 6.07) is 0. The maximum absolute atomic E-state index is 13.0. The number of unbranched alkanes of at least 4 members (excludes halogenated alkanes) is 1. The lowest BCUT2D eigenvalue weighted by Gasteiger charge is -2.30. The summed E-state index contributed by atoms with van der Waals surface area (Å²) < 4.78 is 7.73. The average Bonchev–Trinajstić information content (AvgIpc) is 2.64. The molecular formula is C17H29N5O4. The molecule has 0 spiro atoms. The van der Waals surface area contributed by atoms with Crippen molar-refractivity contribution in [3.63, 3.8) is 0 Å². The van der Waals surface area contributed by atoms with E-state index in [1.807, 2.05) is 18.7 Å². The van der Waals surface area contributed by atoms with Gasteiger partial charge in [0.1, 0.15) is 18.1 Å². The Balaban J connectivity index is 2.49. The van der Waals surface area contributed by atoms with Crippen LogP contribution in [-0.4, -0.2) is 47.9 Å². The molecule has 146 valence electrons. The smallest absolute Gasteiger partial charge is 0.333 e. The Morgan fingerprint density at radius 2 is 1.85 bits per heavy atom. The molecule has 3 N–H and O–H groups in total. The molecule has 0 radical (unpaired) electrons. The van der Waals surface area contributed by atoms with Crippen LogP contribution in [0.5, 0.6) is 0 Å². The van der Waals surface area contributed by atoms with Crippen LogP contribution in [0, 0.1) is 0 Å². The third-order valence-electron chi connectivity index (χ3n) is 4.38. The summed E-state index contributed by atoms with van der Waals surface area (Å²) in [6.45, 7) is 6.58. The van der Waals surface area contributed by atoms with Crippen LogP contribution in [0.3, 0.4) is 0 Å². The first kappa shape index (κ1) is 20.0. The maximum Gasteiger partial charge on any atom is 0.333 e. The molecule has 0 aromatic carbocycles. The normalized spacial score (nSPS) is 14.5. The van der Waals surface area contributed by atoms with Gasteiger partial charge in [0.25, 0.3) is 5.56 Å². The van der Waals surface area contributed by atoms with Crippen molar-refractivity contribution in [2.45, 2.75) is 46.2 Å². The molecule has 0 atom stereocenters. The highest BCUT2D eigenvalue weighted by atomic mass is 16.5. The van der Waals surface area contributed by atoms with Gasteiger partial charge in [-0.25, -0.2) is 9.36 Å². The molecule has 9 heteroatoms. The van der Waals surface area contributed by atoms with Gasteiger partial charge in [0.2, 0.25) is 5.91 Å². The molecule has 0 aliphatic carbocycles. The minimum Gasteiger partial charge on any atom is -0.383 e. The lowest BCUT2D eigenvalue weighted by Crippen LogP contribution is -2.49. The van der Waals surface area contributed by atoms with Crippen LogP contribution in [0.4, 0.5) is 11.5 Å². The molecule has 1 aliphatic heterocycles. The standard InChI is InChI=1S/C17H29N5O4/c1-3-5-7-21-15(18)14(20-8-10-26-11-9-20)16(24)22(17(21)25)12-13(23)19-6-4-2/h3-12,18H2,1-2H3,(H,19,23). The second kappa shape index (κ2) is 9.42. The molecule has 1 amide bonds. The molecule has 0 saturated carbocycles. The number of nitrogen functional groups attached to an aromatic ring is 1. The van der Waals surface area contributed by atoms with Crippen LogP contribution in [0.2, 0.25) is 0 Å². The Bertz CT molecular complexity index is 734. The number of nitrogens with one attached hydrogen (secondary N) is 1. The van der Waals surface area contributed by atoms with Gasteiger partial charge in [-0.05, 0) is 12.8 Å². The maximum atomic E-state index is 13.0.